The molecular weight excluding hydrogens is 204 g/mol. The van der Waals surface area contributed by atoms with Crippen LogP contribution in [0.1, 0.15) is 13.8 Å². The summed E-state index contributed by atoms with van der Waals surface area (Å²) in [6.45, 7) is 3.81. The minimum atomic E-state index is -0.216. The number of phenols is 1. The second-order valence-corrected chi connectivity index (χ2v) is 3.75. The van der Waals surface area contributed by atoms with Crippen molar-refractivity contribution in [1.82, 2.24) is 5.32 Å². The van der Waals surface area contributed by atoms with Gasteiger partial charge in [0.05, 0.1) is 0 Å². The van der Waals surface area contributed by atoms with E-state index < -0.39 is 0 Å². The fraction of sp³-hybridized carbons (Fsp3) is 0.250. The van der Waals surface area contributed by atoms with Gasteiger partial charge in [-0.05, 0) is 38.1 Å². The summed E-state index contributed by atoms with van der Waals surface area (Å²) in [7, 11) is 1.67. The van der Waals surface area contributed by atoms with Crippen LogP contribution in [0.15, 0.2) is 36.0 Å². The van der Waals surface area contributed by atoms with E-state index in [2.05, 4.69) is 5.32 Å². The van der Waals surface area contributed by atoms with Crippen molar-refractivity contribution in [3.63, 3.8) is 0 Å². The van der Waals surface area contributed by atoms with Gasteiger partial charge in [0.25, 0.3) is 0 Å². The molecule has 1 aromatic rings. The zero-order valence-electron chi connectivity index (χ0n) is 9.69. The highest BCUT2D eigenvalue weighted by molar-refractivity contribution is 5.92. The minimum Gasteiger partial charge on any atom is -0.508 e. The molecule has 0 aliphatic rings. The molecule has 1 aromatic carbocycles. The Morgan fingerprint density at radius 2 is 1.88 bits per heavy atom. The Balaban J connectivity index is 2.70. The van der Waals surface area contributed by atoms with Crippen molar-refractivity contribution in [2.45, 2.75) is 13.8 Å². The predicted molar refractivity (Wildman–Crippen MR) is 64.5 cm³/mol. The summed E-state index contributed by atoms with van der Waals surface area (Å²) in [5.41, 5.74) is 1.74. The second-order valence-electron chi connectivity index (χ2n) is 3.75. The zero-order chi connectivity index (χ0) is 12.1. The van der Waals surface area contributed by atoms with Crippen molar-refractivity contribution in [3.05, 3.63) is 36.0 Å². The van der Waals surface area contributed by atoms with Crippen LogP contribution < -0.4 is 10.2 Å². The lowest BCUT2D eigenvalue weighted by atomic mass is 10.3. The number of amides is 2. The number of anilines is 1. The highest BCUT2D eigenvalue weighted by atomic mass is 16.3. The highest BCUT2D eigenvalue weighted by Gasteiger charge is 2.08. The molecule has 0 bridgehead atoms. The predicted octanol–water partition coefficient (Wildman–Crippen LogP) is 2.46. The smallest absolute Gasteiger partial charge is 0.325 e. The van der Waals surface area contributed by atoms with Gasteiger partial charge in [-0.2, -0.15) is 0 Å². The average Bonchev–Trinajstić information content (AvgIpc) is 2.26. The fourth-order valence-corrected chi connectivity index (χ4v) is 1.10. The monoisotopic (exact) mass is 220 g/mol. The van der Waals surface area contributed by atoms with Crippen molar-refractivity contribution < 1.29 is 9.90 Å². The molecule has 0 saturated carbocycles. The molecule has 0 unspecified atom stereocenters. The van der Waals surface area contributed by atoms with Crippen molar-refractivity contribution in [2.75, 3.05) is 11.9 Å². The number of hydrogen-bond donors (Lipinski definition) is 2. The number of carbonyl (C=O) groups excluding carboxylic acids is 1. The maximum Gasteiger partial charge on any atom is 0.325 e. The van der Waals surface area contributed by atoms with E-state index in [9.17, 15) is 4.79 Å². The molecule has 86 valence electrons. The number of benzene rings is 1. The molecule has 0 aromatic heterocycles. The molecule has 0 heterocycles. The van der Waals surface area contributed by atoms with Crippen LogP contribution in [-0.4, -0.2) is 18.2 Å². The first-order chi connectivity index (χ1) is 7.50. The Morgan fingerprint density at radius 3 is 2.38 bits per heavy atom. The Hall–Kier alpha value is -1.97. The third-order valence-electron chi connectivity index (χ3n) is 2.03. The van der Waals surface area contributed by atoms with Gasteiger partial charge >= 0.3 is 6.03 Å². The largest absolute Gasteiger partial charge is 0.508 e. The quantitative estimate of drug-likeness (QED) is 0.804. The second kappa shape index (κ2) is 5.21. The Bertz CT molecular complexity index is 392. The Morgan fingerprint density at radius 1 is 1.31 bits per heavy atom. The first-order valence-electron chi connectivity index (χ1n) is 4.97. The van der Waals surface area contributed by atoms with Gasteiger partial charge < -0.3 is 10.4 Å². The van der Waals surface area contributed by atoms with Gasteiger partial charge in [-0.3, -0.25) is 4.90 Å². The van der Waals surface area contributed by atoms with E-state index in [1.807, 2.05) is 13.8 Å². The number of nitrogens with one attached hydrogen (secondary N) is 1. The molecule has 0 saturated heterocycles. The van der Waals surface area contributed by atoms with E-state index in [0.717, 1.165) is 11.3 Å². The van der Waals surface area contributed by atoms with E-state index in [0.29, 0.717) is 0 Å². The maximum absolute atomic E-state index is 11.6. The maximum atomic E-state index is 11.6. The molecule has 2 amide bonds. The van der Waals surface area contributed by atoms with Gasteiger partial charge in [-0.25, -0.2) is 4.79 Å². The van der Waals surface area contributed by atoms with Crippen molar-refractivity contribution in [2.24, 2.45) is 0 Å². The third-order valence-corrected chi connectivity index (χ3v) is 2.03. The van der Waals surface area contributed by atoms with Crippen molar-refractivity contribution in [3.8, 4) is 5.75 Å². The number of aromatic hydroxyl groups is 1. The third kappa shape index (κ3) is 3.31. The van der Waals surface area contributed by atoms with Gasteiger partial charge in [0.1, 0.15) is 5.75 Å². The van der Waals surface area contributed by atoms with Crippen molar-refractivity contribution >= 4 is 11.7 Å². The summed E-state index contributed by atoms with van der Waals surface area (Å²) in [5.74, 6) is 0.182. The van der Waals surface area contributed by atoms with Crippen LogP contribution in [0.4, 0.5) is 10.5 Å². The summed E-state index contributed by atoms with van der Waals surface area (Å²) in [6, 6.07) is 6.22. The van der Waals surface area contributed by atoms with E-state index in [4.69, 9.17) is 5.11 Å². The SMILES string of the molecule is CC(C)=CNC(=O)N(C)c1ccc(O)cc1. The number of phenolic OH excluding ortho intramolecular Hbond substituents is 1. The topological polar surface area (TPSA) is 52.6 Å². The van der Waals surface area contributed by atoms with E-state index >= 15 is 0 Å². The fourth-order valence-electron chi connectivity index (χ4n) is 1.10. The van der Waals surface area contributed by atoms with Gasteiger partial charge in [-0.1, -0.05) is 5.57 Å². The molecule has 0 radical (unpaired) electrons. The summed E-state index contributed by atoms with van der Waals surface area (Å²) in [6.07, 6.45) is 1.65. The van der Waals surface area contributed by atoms with Crippen molar-refractivity contribution in [1.29, 1.82) is 0 Å². The molecule has 4 heteroatoms. The van der Waals surface area contributed by atoms with Crippen LogP contribution in [0.2, 0.25) is 0 Å². The molecule has 16 heavy (non-hydrogen) atoms. The molecule has 0 spiro atoms. The van der Waals surface area contributed by atoms with E-state index in [1.165, 1.54) is 4.90 Å². The van der Waals surface area contributed by atoms with Crippen LogP contribution in [0.3, 0.4) is 0 Å². The first-order valence-corrected chi connectivity index (χ1v) is 4.97. The number of rotatable bonds is 2. The standard InChI is InChI=1S/C12H16N2O2/c1-9(2)8-13-12(16)14(3)10-4-6-11(15)7-5-10/h4-8,15H,1-3H3,(H,13,16). The number of urea groups is 1. The molecule has 2 N–H and O–H groups in total. The molecule has 0 fully saturated rings. The summed E-state index contributed by atoms with van der Waals surface area (Å²) >= 11 is 0. The Kier molecular flexibility index (Phi) is 3.94. The normalized spacial score (nSPS) is 9.44. The summed E-state index contributed by atoms with van der Waals surface area (Å²) in [4.78, 5) is 13.1. The number of allylic oxidation sites excluding steroid dienone is 1. The lowest BCUT2D eigenvalue weighted by Gasteiger charge is -2.16. The number of carbonyl (C=O) groups is 1. The van der Waals surface area contributed by atoms with Gasteiger partial charge in [-0.15, -0.1) is 0 Å². The molecule has 1 rings (SSSR count). The molecule has 0 atom stereocenters. The molecule has 0 aliphatic carbocycles. The van der Waals surface area contributed by atoms with Crippen LogP contribution in [0.5, 0.6) is 5.75 Å². The van der Waals surface area contributed by atoms with Gasteiger partial charge in [0.15, 0.2) is 0 Å². The zero-order valence-corrected chi connectivity index (χ0v) is 9.69. The highest BCUT2D eigenvalue weighted by Crippen LogP contribution is 2.16. The Labute approximate surface area is 95.2 Å². The lowest BCUT2D eigenvalue weighted by Crippen LogP contribution is -2.34. The number of nitrogens with zero attached hydrogens (tertiary/aromatic N) is 1. The lowest BCUT2D eigenvalue weighted by molar-refractivity contribution is 0.250. The molecule has 4 nitrogen and oxygen atoms in total. The van der Waals surface area contributed by atoms with Gasteiger partial charge in [0, 0.05) is 18.9 Å². The van der Waals surface area contributed by atoms with Crippen LogP contribution >= 0.6 is 0 Å². The summed E-state index contributed by atoms with van der Waals surface area (Å²) in [5, 5.41) is 11.8. The summed E-state index contributed by atoms with van der Waals surface area (Å²) < 4.78 is 0. The van der Waals surface area contributed by atoms with E-state index in [-0.39, 0.29) is 11.8 Å². The first kappa shape index (κ1) is 12.1. The molecule has 0 aliphatic heterocycles. The average molecular weight is 220 g/mol. The van der Waals surface area contributed by atoms with E-state index in [1.54, 1.807) is 37.5 Å². The van der Waals surface area contributed by atoms with Gasteiger partial charge in [0.2, 0.25) is 0 Å². The minimum absolute atomic E-state index is 0.182. The number of hydrogen-bond acceptors (Lipinski definition) is 2. The molecular formula is C12H16N2O2. The van der Waals surface area contributed by atoms with Crippen LogP contribution in [0, 0.1) is 0 Å². The van der Waals surface area contributed by atoms with Crippen LogP contribution in [-0.2, 0) is 0 Å². The van der Waals surface area contributed by atoms with Crippen LogP contribution in [0.25, 0.3) is 0 Å².